The molecule has 0 aliphatic heterocycles. The molecule has 0 fully saturated rings. The minimum Gasteiger partial charge on any atom is -0.368 e. The molecule has 6 aromatic rings. The average molecular weight is 751 g/mol. The Morgan fingerprint density at radius 1 is 0.423 bits per heavy atom. The molecule has 0 spiro atoms. The first-order valence-corrected chi connectivity index (χ1v) is 26.2. The lowest BCUT2D eigenvalue weighted by Crippen LogP contribution is -2.42. The van der Waals surface area contributed by atoms with Gasteiger partial charge in [-0.05, 0) is 74.1 Å². The molecular formula is C47H49OP3Si. The van der Waals surface area contributed by atoms with Gasteiger partial charge in [0.2, 0.25) is 0 Å². The lowest BCUT2D eigenvalue weighted by molar-refractivity contribution is 0.101. The molecule has 0 atom stereocenters. The normalized spacial score (nSPS) is 11.8. The molecule has 6 aromatic carbocycles. The van der Waals surface area contributed by atoms with Crippen molar-refractivity contribution in [3.05, 3.63) is 182 Å². The number of benzene rings is 6. The maximum atomic E-state index is 6.89. The fraction of sp³-hybridized carbons (Fsp3) is 0.191. The molecule has 0 aliphatic rings. The predicted molar refractivity (Wildman–Crippen MR) is 236 cm³/mol. The highest BCUT2D eigenvalue weighted by Gasteiger charge is 2.40. The predicted octanol–water partition coefficient (Wildman–Crippen LogP) is 9.27. The first-order chi connectivity index (χ1) is 25.4. The summed E-state index contributed by atoms with van der Waals surface area (Å²) in [5.41, 5.74) is 3.39. The summed E-state index contributed by atoms with van der Waals surface area (Å²) in [6.45, 7) is 8.03. The van der Waals surface area contributed by atoms with Crippen LogP contribution in [0, 0.1) is 16.9 Å². The Balaban J connectivity index is 1.55. The second kappa shape index (κ2) is 18.9. The van der Waals surface area contributed by atoms with Gasteiger partial charge in [0, 0.05) is 5.41 Å². The van der Waals surface area contributed by atoms with Crippen LogP contribution in [0.2, 0.25) is 19.6 Å². The molecule has 1 nitrogen and oxygen atoms in total. The highest BCUT2D eigenvalue weighted by atomic mass is 31.1. The molecule has 0 amide bonds. The standard InChI is InChI=1S/C47H49OP3Si/c1-52(2,3)36-22-35-48-37-47(38-49(41-23-10-4-11-24-41)42-25-12-5-13-26-42,39-50(43-27-14-6-15-28-43)44-29-16-7-17-30-44)40-51(45-31-18-8-19-32-45)46-33-20-9-21-34-46/h4-21,23-34H,35,37-40H2,1-3H3. The van der Waals surface area contributed by atoms with Crippen LogP contribution in [0.4, 0.5) is 0 Å². The molecule has 262 valence electrons. The highest BCUT2D eigenvalue weighted by Crippen LogP contribution is 2.52. The molecule has 0 unspecified atom stereocenters. The van der Waals surface area contributed by atoms with Gasteiger partial charge in [-0.1, -0.05) is 208 Å². The summed E-state index contributed by atoms with van der Waals surface area (Å²) in [4.78, 5) is 0. The van der Waals surface area contributed by atoms with Gasteiger partial charge in [-0.15, -0.1) is 5.54 Å². The minimum atomic E-state index is -1.53. The van der Waals surface area contributed by atoms with Crippen molar-refractivity contribution in [2.75, 3.05) is 31.7 Å². The van der Waals surface area contributed by atoms with Crippen LogP contribution in [-0.4, -0.2) is 39.8 Å². The zero-order chi connectivity index (χ0) is 36.1. The molecule has 0 saturated carbocycles. The number of hydrogen-bond acceptors (Lipinski definition) is 1. The largest absolute Gasteiger partial charge is 0.368 e. The molecule has 6 rings (SSSR count). The van der Waals surface area contributed by atoms with Crippen molar-refractivity contribution in [3.8, 4) is 11.5 Å². The van der Waals surface area contributed by atoms with E-state index in [-0.39, 0.29) is 5.41 Å². The average Bonchev–Trinajstić information content (AvgIpc) is 3.19. The Kier molecular flexibility index (Phi) is 13.8. The van der Waals surface area contributed by atoms with Gasteiger partial charge in [-0.3, -0.25) is 0 Å². The molecule has 5 heteroatoms. The van der Waals surface area contributed by atoms with Gasteiger partial charge in [0.1, 0.15) is 14.7 Å². The Labute approximate surface area is 317 Å². The van der Waals surface area contributed by atoms with Gasteiger partial charge in [0.05, 0.1) is 6.61 Å². The van der Waals surface area contributed by atoms with Gasteiger partial charge in [-0.25, -0.2) is 0 Å². The van der Waals surface area contributed by atoms with E-state index < -0.39 is 31.8 Å². The lowest BCUT2D eigenvalue weighted by Gasteiger charge is -2.42. The van der Waals surface area contributed by atoms with E-state index in [9.17, 15) is 0 Å². The van der Waals surface area contributed by atoms with Crippen molar-refractivity contribution in [1.29, 1.82) is 0 Å². The summed E-state index contributed by atoms with van der Waals surface area (Å²) in [7, 11) is -3.65. The molecule has 0 bridgehead atoms. The summed E-state index contributed by atoms with van der Waals surface area (Å²) in [6.07, 6.45) is 3.07. The van der Waals surface area contributed by atoms with E-state index in [4.69, 9.17) is 4.74 Å². The molecule has 0 aromatic heterocycles. The van der Waals surface area contributed by atoms with Crippen molar-refractivity contribution in [2.45, 2.75) is 19.6 Å². The molecule has 0 saturated heterocycles. The van der Waals surface area contributed by atoms with Crippen LogP contribution in [0.3, 0.4) is 0 Å². The maximum Gasteiger partial charge on any atom is 0.129 e. The van der Waals surface area contributed by atoms with E-state index in [0.29, 0.717) is 13.2 Å². The van der Waals surface area contributed by atoms with Crippen LogP contribution in [0.1, 0.15) is 0 Å². The van der Waals surface area contributed by atoms with Crippen molar-refractivity contribution in [1.82, 2.24) is 0 Å². The van der Waals surface area contributed by atoms with Gasteiger partial charge >= 0.3 is 0 Å². The number of rotatable bonds is 15. The highest BCUT2D eigenvalue weighted by molar-refractivity contribution is 7.75. The lowest BCUT2D eigenvalue weighted by atomic mass is 9.97. The van der Waals surface area contributed by atoms with Crippen LogP contribution in [0.5, 0.6) is 0 Å². The summed E-state index contributed by atoms with van der Waals surface area (Å²) < 4.78 is 6.89. The topological polar surface area (TPSA) is 9.23 Å². The molecule has 0 radical (unpaired) electrons. The summed E-state index contributed by atoms with van der Waals surface area (Å²) in [6, 6.07) is 67.5. The van der Waals surface area contributed by atoms with Crippen LogP contribution in [0.25, 0.3) is 0 Å². The Hall–Kier alpha value is -3.65. The molecule has 0 N–H and O–H groups in total. The number of hydrogen-bond donors (Lipinski definition) is 0. The zero-order valence-corrected chi connectivity index (χ0v) is 34.3. The number of ether oxygens (including phenoxy) is 1. The summed E-state index contributed by atoms with van der Waals surface area (Å²) in [5.74, 6) is 3.45. The van der Waals surface area contributed by atoms with Crippen molar-refractivity contribution < 1.29 is 4.74 Å². The van der Waals surface area contributed by atoms with Crippen LogP contribution in [-0.2, 0) is 4.74 Å². The Bertz CT molecular complexity index is 1650. The van der Waals surface area contributed by atoms with Gasteiger partial charge in [0.15, 0.2) is 0 Å². The first kappa shape index (κ1) is 38.1. The Morgan fingerprint density at radius 3 is 0.904 bits per heavy atom. The minimum absolute atomic E-state index is 0.174. The van der Waals surface area contributed by atoms with Crippen LogP contribution >= 0.6 is 23.8 Å². The Morgan fingerprint density at radius 2 is 0.673 bits per heavy atom. The van der Waals surface area contributed by atoms with E-state index >= 15 is 0 Å². The van der Waals surface area contributed by atoms with E-state index in [0.717, 1.165) is 18.5 Å². The molecule has 52 heavy (non-hydrogen) atoms. The molecule has 0 aliphatic carbocycles. The van der Waals surface area contributed by atoms with Crippen molar-refractivity contribution in [2.24, 2.45) is 5.41 Å². The maximum absolute atomic E-state index is 6.89. The van der Waals surface area contributed by atoms with Crippen LogP contribution in [0.15, 0.2) is 182 Å². The fourth-order valence-electron chi connectivity index (χ4n) is 6.56. The zero-order valence-electron chi connectivity index (χ0n) is 30.6. The van der Waals surface area contributed by atoms with Crippen LogP contribution < -0.4 is 31.8 Å². The third-order valence-electron chi connectivity index (χ3n) is 8.93. The summed E-state index contributed by atoms with van der Waals surface area (Å²) >= 11 is 0. The second-order valence-electron chi connectivity index (χ2n) is 14.3. The van der Waals surface area contributed by atoms with Gasteiger partial charge < -0.3 is 4.74 Å². The van der Waals surface area contributed by atoms with Crippen molar-refractivity contribution in [3.63, 3.8) is 0 Å². The van der Waals surface area contributed by atoms with E-state index in [1.165, 1.54) is 31.8 Å². The third kappa shape index (κ3) is 10.9. The SMILES string of the molecule is C[Si](C)(C)C#CCOCC(CP(c1ccccc1)c1ccccc1)(CP(c1ccccc1)c1ccccc1)CP(c1ccccc1)c1ccccc1. The third-order valence-corrected chi connectivity index (χ3v) is 18.4. The molecule has 0 heterocycles. The van der Waals surface area contributed by atoms with Gasteiger partial charge in [-0.2, -0.15) is 0 Å². The first-order valence-electron chi connectivity index (χ1n) is 18.1. The monoisotopic (exact) mass is 750 g/mol. The van der Waals surface area contributed by atoms with E-state index in [1.54, 1.807) is 0 Å². The van der Waals surface area contributed by atoms with Crippen molar-refractivity contribution >= 4 is 63.7 Å². The molecular weight excluding hydrogens is 702 g/mol. The van der Waals surface area contributed by atoms with E-state index in [2.05, 4.69) is 213 Å². The van der Waals surface area contributed by atoms with Gasteiger partial charge in [0.25, 0.3) is 0 Å². The van der Waals surface area contributed by atoms with E-state index in [1.807, 2.05) is 0 Å². The quantitative estimate of drug-likeness (QED) is 0.0441. The summed E-state index contributed by atoms with van der Waals surface area (Å²) in [5, 5.41) is 8.49. The fourth-order valence-corrected chi connectivity index (χ4v) is 15.8. The smallest absolute Gasteiger partial charge is 0.129 e. The second-order valence-corrected chi connectivity index (χ2v) is 25.7.